The van der Waals surface area contributed by atoms with Gasteiger partial charge in [-0.25, -0.2) is 4.79 Å². The van der Waals surface area contributed by atoms with Gasteiger partial charge in [-0.1, -0.05) is 18.2 Å². The summed E-state index contributed by atoms with van der Waals surface area (Å²) in [5.74, 6) is 0.960. The highest BCUT2D eigenvalue weighted by Gasteiger charge is 2.12. The zero-order valence-corrected chi connectivity index (χ0v) is 12.1. The third-order valence-electron chi connectivity index (χ3n) is 3.54. The van der Waals surface area contributed by atoms with E-state index in [0.29, 0.717) is 5.69 Å². The molecule has 0 spiro atoms. The second-order valence-corrected chi connectivity index (χ2v) is 5.11. The fraction of sp³-hybridized carbons (Fsp3) is 0.235. The molecule has 0 saturated heterocycles. The molecule has 0 aliphatic carbocycles. The maximum Gasteiger partial charge on any atom is 0.319 e. The van der Waals surface area contributed by atoms with Crippen LogP contribution in [0.5, 0.6) is 5.75 Å². The smallest absolute Gasteiger partial charge is 0.319 e. The van der Waals surface area contributed by atoms with E-state index in [1.807, 2.05) is 36.4 Å². The van der Waals surface area contributed by atoms with Crippen molar-refractivity contribution in [3.63, 3.8) is 0 Å². The van der Waals surface area contributed by atoms with Crippen molar-refractivity contribution in [2.24, 2.45) is 0 Å². The second kappa shape index (κ2) is 6.49. The number of nitrogens with one attached hydrogen (secondary N) is 2. The van der Waals surface area contributed by atoms with Crippen molar-refractivity contribution in [2.45, 2.75) is 6.42 Å². The minimum Gasteiger partial charge on any atom is -0.493 e. The molecule has 2 amide bonds. The molecular formula is C17H18N2O3. The molecule has 3 rings (SSSR count). The quantitative estimate of drug-likeness (QED) is 0.811. The van der Waals surface area contributed by atoms with Crippen molar-refractivity contribution in [1.82, 2.24) is 5.32 Å². The average Bonchev–Trinajstić information content (AvgIpc) is 3.00. The predicted molar refractivity (Wildman–Crippen MR) is 85.2 cm³/mol. The van der Waals surface area contributed by atoms with Gasteiger partial charge in [-0.05, 0) is 41.0 Å². The number of fused-ring (bicyclic) bond motifs is 1. The molecule has 0 aromatic heterocycles. The van der Waals surface area contributed by atoms with Gasteiger partial charge in [0.25, 0.3) is 0 Å². The number of hydrogen-bond acceptors (Lipinski definition) is 3. The Kier molecular flexibility index (Phi) is 4.25. The van der Waals surface area contributed by atoms with Crippen LogP contribution in [0.1, 0.15) is 5.56 Å². The SMILES string of the molecule is O=C(NCCO)Nc1cccc(-c2ccc3c(c2)CCO3)c1. The van der Waals surface area contributed by atoms with Gasteiger partial charge in [0.15, 0.2) is 0 Å². The molecule has 22 heavy (non-hydrogen) atoms. The minimum absolute atomic E-state index is 0.0787. The molecule has 1 aliphatic rings. The van der Waals surface area contributed by atoms with E-state index >= 15 is 0 Å². The summed E-state index contributed by atoms with van der Waals surface area (Å²) in [6.07, 6.45) is 0.935. The molecule has 0 unspecified atom stereocenters. The Morgan fingerprint density at radius 2 is 2.05 bits per heavy atom. The highest BCUT2D eigenvalue weighted by molar-refractivity contribution is 5.90. The largest absolute Gasteiger partial charge is 0.493 e. The van der Waals surface area contributed by atoms with Gasteiger partial charge in [-0.15, -0.1) is 0 Å². The number of rotatable bonds is 4. The van der Waals surface area contributed by atoms with Crippen LogP contribution in [0.2, 0.25) is 0 Å². The van der Waals surface area contributed by atoms with Crippen molar-refractivity contribution in [1.29, 1.82) is 0 Å². The Balaban J connectivity index is 1.77. The number of carbonyl (C=O) groups is 1. The second-order valence-electron chi connectivity index (χ2n) is 5.11. The molecular weight excluding hydrogens is 280 g/mol. The number of amides is 2. The molecule has 0 bridgehead atoms. The van der Waals surface area contributed by atoms with Crippen molar-refractivity contribution >= 4 is 11.7 Å². The molecule has 0 radical (unpaired) electrons. The molecule has 0 fully saturated rings. The maximum absolute atomic E-state index is 11.6. The summed E-state index contributed by atoms with van der Waals surface area (Å²) in [6.45, 7) is 0.895. The van der Waals surface area contributed by atoms with Crippen LogP contribution in [0.3, 0.4) is 0 Å². The van der Waals surface area contributed by atoms with Crippen LogP contribution in [-0.4, -0.2) is 30.9 Å². The van der Waals surface area contributed by atoms with E-state index in [9.17, 15) is 4.79 Å². The third kappa shape index (κ3) is 3.20. The fourth-order valence-corrected chi connectivity index (χ4v) is 2.49. The van der Waals surface area contributed by atoms with Gasteiger partial charge in [-0.3, -0.25) is 0 Å². The summed E-state index contributed by atoms with van der Waals surface area (Å²) < 4.78 is 5.52. The van der Waals surface area contributed by atoms with Crippen molar-refractivity contribution in [3.8, 4) is 16.9 Å². The number of urea groups is 1. The standard InChI is InChI=1S/C17H18N2O3/c20-8-7-18-17(21)19-15-3-1-2-12(11-15)13-4-5-16-14(10-13)6-9-22-16/h1-5,10-11,20H,6-9H2,(H2,18,19,21). The topological polar surface area (TPSA) is 70.6 Å². The van der Waals surface area contributed by atoms with Crippen LogP contribution in [0, 0.1) is 0 Å². The van der Waals surface area contributed by atoms with Crippen LogP contribution < -0.4 is 15.4 Å². The number of anilines is 1. The zero-order valence-electron chi connectivity index (χ0n) is 12.1. The summed E-state index contributed by atoms with van der Waals surface area (Å²) >= 11 is 0. The Bertz CT molecular complexity index is 685. The normalized spacial score (nSPS) is 12.4. The van der Waals surface area contributed by atoms with Crippen molar-refractivity contribution < 1.29 is 14.6 Å². The number of hydrogen-bond donors (Lipinski definition) is 3. The lowest BCUT2D eigenvalue weighted by Crippen LogP contribution is -2.30. The molecule has 0 atom stereocenters. The van der Waals surface area contributed by atoms with Crippen LogP contribution in [0.15, 0.2) is 42.5 Å². The number of carbonyl (C=O) groups excluding carboxylic acids is 1. The van der Waals surface area contributed by atoms with E-state index in [4.69, 9.17) is 9.84 Å². The van der Waals surface area contributed by atoms with Crippen LogP contribution in [0.4, 0.5) is 10.5 Å². The molecule has 3 N–H and O–H groups in total. The van der Waals surface area contributed by atoms with E-state index in [-0.39, 0.29) is 19.2 Å². The van der Waals surface area contributed by atoms with Gasteiger partial charge in [0.2, 0.25) is 0 Å². The molecule has 5 heteroatoms. The van der Waals surface area contributed by atoms with Crippen LogP contribution >= 0.6 is 0 Å². The maximum atomic E-state index is 11.6. The first kappa shape index (κ1) is 14.4. The Morgan fingerprint density at radius 1 is 1.18 bits per heavy atom. The number of ether oxygens (including phenoxy) is 1. The van der Waals surface area contributed by atoms with Crippen LogP contribution in [-0.2, 0) is 6.42 Å². The van der Waals surface area contributed by atoms with Crippen molar-refractivity contribution in [2.75, 3.05) is 25.1 Å². The van der Waals surface area contributed by atoms with Gasteiger partial charge >= 0.3 is 6.03 Å². The van der Waals surface area contributed by atoms with Gasteiger partial charge in [-0.2, -0.15) is 0 Å². The summed E-state index contributed by atoms with van der Waals surface area (Å²) in [4.78, 5) is 11.6. The van der Waals surface area contributed by atoms with E-state index in [2.05, 4.69) is 16.7 Å². The van der Waals surface area contributed by atoms with Crippen LogP contribution in [0.25, 0.3) is 11.1 Å². The molecule has 1 heterocycles. The lowest BCUT2D eigenvalue weighted by Gasteiger charge is -2.09. The van der Waals surface area contributed by atoms with Crippen molar-refractivity contribution in [3.05, 3.63) is 48.0 Å². The summed E-state index contributed by atoms with van der Waals surface area (Å²) in [5.41, 5.74) is 4.07. The lowest BCUT2D eigenvalue weighted by atomic mass is 10.0. The number of aliphatic hydroxyl groups excluding tert-OH is 1. The minimum atomic E-state index is -0.325. The summed E-state index contributed by atoms with van der Waals surface area (Å²) in [5, 5.41) is 14.0. The number of benzene rings is 2. The first-order chi connectivity index (χ1) is 10.8. The Morgan fingerprint density at radius 3 is 2.91 bits per heavy atom. The summed E-state index contributed by atoms with van der Waals surface area (Å²) in [7, 11) is 0. The first-order valence-electron chi connectivity index (χ1n) is 7.28. The first-order valence-corrected chi connectivity index (χ1v) is 7.28. The fourth-order valence-electron chi connectivity index (χ4n) is 2.49. The molecule has 2 aromatic rings. The van der Waals surface area contributed by atoms with Gasteiger partial charge in [0.1, 0.15) is 5.75 Å². The van der Waals surface area contributed by atoms with Gasteiger partial charge < -0.3 is 20.5 Å². The predicted octanol–water partition coefficient (Wildman–Crippen LogP) is 2.40. The van der Waals surface area contributed by atoms with Gasteiger partial charge in [0, 0.05) is 18.7 Å². The summed E-state index contributed by atoms with van der Waals surface area (Å²) in [6, 6.07) is 13.5. The monoisotopic (exact) mass is 298 g/mol. The van der Waals surface area contributed by atoms with E-state index in [0.717, 1.165) is 29.9 Å². The number of aliphatic hydroxyl groups is 1. The zero-order chi connectivity index (χ0) is 15.4. The van der Waals surface area contributed by atoms with E-state index in [1.54, 1.807) is 0 Å². The van der Waals surface area contributed by atoms with E-state index < -0.39 is 0 Å². The third-order valence-corrected chi connectivity index (χ3v) is 3.54. The Labute approximate surface area is 128 Å². The highest BCUT2D eigenvalue weighted by atomic mass is 16.5. The van der Waals surface area contributed by atoms with E-state index in [1.165, 1.54) is 5.56 Å². The molecule has 5 nitrogen and oxygen atoms in total. The highest BCUT2D eigenvalue weighted by Crippen LogP contribution is 2.31. The Hall–Kier alpha value is -2.53. The molecule has 2 aromatic carbocycles. The molecule has 0 saturated carbocycles. The average molecular weight is 298 g/mol. The molecule has 114 valence electrons. The lowest BCUT2D eigenvalue weighted by molar-refractivity contribution is 0.245. The van der Waals surface area contributed by atoms with Gasteiger partial charge in [0.05, 0.1) is 13.2 Å². The molecule has 1 aliphatic heterocycles.